The minimum atomic E-state index is -0.223. The van der Waals surface area contributed by atoms with Crippen molar-refractivity contribution >= 4 is 23.1 Å². The van der Waals surface area contributed by atoms with Crippen LogP contribution in [0.1, 0.15) is 35.7 Å². The first kappa shape index (κ1) is 20.3. The minimum Gasteiger partial charge on any atom is -0.372 e. The predicted molar refractivity (Wildman–Crippen MR) is 118 cm³/mol. The summed E-state index contributed by atoms with van der Waals surface area (Å²) in [7, 11) is 0. The smallest absolute Gasteiger partial charge is 0.270 e. The third-order valence-electron chi connectivity index (χ3n) is 4.63. The maximum atomic E-state index is 12.5. The summed E-state index contributed by atoms with van der Waals surface area (Å²) in [6.07, 6.45) is 0. The Labute approximate surface area is 172 Å². The summed E-state index contributed by atoms with van der Waals surface area (Å²) in [5.74, 6) is 0.914. The summed E-state index contributed by atoms with van der Waals surface area (Å²) in [6, 6.07) is 19.7. The summed E-state index contributed by atoms with van der Waals surface area (Å²) >= 11 is 0. The van der Waals surface area contributed by atoms with E-state index in [1.807, 2.05) is 42.5 Å². The van der Waals surface area contributed by atoms with Crippen LogP contribution in [0.25, 0.3) is 0 Å². The van der Waals surface area contributed by atoms with Gasteiger partial charge in [0, 0.05) is 37.1 Å². The lowest BCUT2D eigenvalue weighted by Gasteiger charge is -2.21. The molecule has 2 N–H and O–H groups in total. The highest BCUT2D eigenvalue weighted by Gasteiger charge is 2.11. The molecule has 3 aromatic rings. The van der Waals surface area contributed by atoms with E-state index >= 15 is 0 Å². The van der Waals surface area contributed by atoms with E-state index in [0.29, 0.717) is 23.9 Å². The lowest BCUT2D eigenvalue weighted by atomic mass is 10.2. The number of nitrogens with zero attached hydrogens (tertiary/aromatic N) is 3. The first-order valence-electron chi connectivity index (χ1n) is 9.89. The highest BCUT2D eigenvalue weighted by molar-refractivity contribution is 5.93. The van der Waals surface area contributed by atoms with Crippen LogP contribution in [0.15, 0.2) is 60.7 Å². The van der Waals surface area contributed by atoms with Crippen molar-refractivity contribution in [3.63, 3.8) is 0 Å². The average Bonchev–Trinajstić information content (AvgIpc) is 2.74. The number of amides is 1. The van der Waals surface area contributed by atoms with E-state index in [4.69, 9.17) is 0 Å². The Bertz CT molecular complexity index is 937. The van der Waals surface area contributed by atoms with E-state index in [2.05, 4.69) is 51.5 Å². The number of aromatic nitrogens is 2. The largest absolute Gasteiger partial charge is 0.372 e. The molecule has 6 heteroatoms. The van der Waals surface area contributed by atoms with E-state index in [9.17, 15) is 4.79 Å². The Hall–Kier alpha value is -3.41. The second kappa shape index (κ2) is 9.68. The Morgan fingerprint density at radius 1 is 0.966 bits per heavy atom. The number of rotatable bonds is 8. The molecule has 0 unspecified atom stereocenters. The van der Waals surface area contributed by atoms with Crippen LogP contribution in [0.2, 0.25) is 0 Å². The number of carbonyl (C=O) groups is 1. The predicted octanol–water partition coefficient (Wildman–Crippen LogP) is 4.30. The van der Waals surface area contributed by atoms with Gasteiger partial charge in [0.15, 0.2) is 0 Å². The maximum Gasteiger partial charge on any atom is 0.270 e. The topological polar surface area (TPSA) is 70.2 Å². The van der Waals surface area contributed by atoms with Crippen molar-refractivity contribution in [1.29, 1.82) is 0 Å². The second-order valence-electron chi connectivity index (χ2n) is 6.70. The summed E-state index contributed by atoms with van der Waals surface area (Å²) in [6.45, 7) is 8.46. The highest BCUT2D eigenvalue weighted by atomic mass is 16.1. The third-order valence-corrected chi connectivity index (χ3v) is 4.63. The van der Waals surface area contributed by atoms with Crippen LogP contribution >= 0.6 is 0 Å². The molecule has 6 nitrogen and oxygen atoms in total. The number of aryl methyl sites for hydroxylation is 1. The van der Waals surface area contributed by atoms with Crippen LogP contribution < -0.4 is 15.5 Å². The summed E-state index contributed by atoms with van der Waals surface area (Å²) in [5.41, 5.74) is 3.48. The van der Waals surface area contributed by atoms with Crippen molar-refractivity contribution in [2.24, 2.45) is 0 Å². The third kappa shape index (κ3) is 5.54. The minimum absolute atomic E-state index is 0.223. The molecule has 0 bridgehead atoms. The Morgan fingerprint density at radius 3 is 2.31 bits per heavy atom. The molecule has 1 aromatic heterocycles. The molecule has 0 spiro atoms. The molecule has 2 aromatic carbocycles. The number of carbonyl (C=O) groups excluding carboxylic acids is 1. The molecular weight excluding hydrogens is 362 g/mol. The van der Waals surface area contributed by atoms with Crippen molar-refractivity contribution in [2.75, 3.05) is 23.3 Å². The van der Waals surface area contributed by atoms with Crippen LogP contribution in [0, 0.1) is 6.92 Å². The molecule has 0 aliphatic rings. The SMILES string of the molecule is CCN(CC)c1ccc(Nc2cc(C(=O)NCc3ccccc3)nc(C)n2)cc1. The van der Waals surface area contributed by atoms with Gasteiger partial charge >= 0.3 is 0 Å². The lowest BCUT2D eigenvalue weighted by Crippen LogP contribution is -2.24. The summed E-state index contributed by atoms with van der Waals surface area (Å²) in [4.78, 5) is 23.5. The molecule has 150 valence electrons. The molecule has 1 heterocycles. The van der Waals surface area contributed by atoms with Crippen molar-refractivity contribution in [3.8, 4) is 0 Å². The number of benzene rings is 2. The van der Waals surface area contributed by atoms with Crippen LogP contribution in [0.5, 0.6) is 0 Å². The van der Waals surface area contributed by atoms with Crippen LogP contribution in [-0.2, 0) is 6.54 Å². The standard InChI is InChI=1S/C23H27N5O/c1-4-28(5-2)20-13-11-19(12-14-20)27-22-15-21(25-17(3)26-22)23(29)24-16-18-9-7-6-8-10-18/h6-15H,4-5,16H2,1-3H3,(H,24,29)(H,25,26,27). The van der Waals surface area contributed by atoms with Gasteiger partial charge in [0.25, 0.3) is 5.91 Å². The van der Waals surface area contributed by atoms with Crippen LogP contribution in [0.4, 0.5) is 17.2 Å². The van der Waals surface area contributed by atoms with Crippen molar-refractivity contribution < 1.29 is 4.79 Å². The Kier molecular flexibility index (Phi) is 6.79. The maximum absolute atomic E-state index is 12.5. The Balaban J connectivity index is 1.69. The zero-order valence-electron chi connectivity index (χ0n) is 17.1. The molecule has 0 radical (unpaired) electrons. The number of nitrogens with one attached hydrogen (secondary N) is 2. The van der Waals surface area contributed by atoms with E-state index in [-0.39, 0.29) is 5.91 Å². The highest BCUT2D eigenvalue weighted by Crippen LogP contribution is 2.20. The zero-order chi connectivity index (χ0) is 20.6. The molecule has 0 atom stereocenters. The monoisotopic (exact) mass is 389 g/mol. The van der Waals surface area contributed by atoms with E-state index < -0.39 is 0 Å². The number of hydrogen-bond acceptors (Lipinski definition) is 5. The van der Waals surface area contributed by atoms with Gasteiger partial charge in [-0.15, -0.1) is 0 Å². The van der Waals surface area contributed by atoms with Gasteiger partial charge in [0.05, 0.1) is 0 Å². The quantitative estimate of drug-likeness (QED) is 0.601. The van der Waals surface area contributed by atoms with Crippen molar-refractivity contribution in [1.82, 2.24) is 15.3 Å². The van der Waals surface area contributed by atoms with Gasteiger partial charge in [-0.2, -0.15) is 0 Å². The van der Waals surface area contributed by atoms with Gasteiger partial charge in [-0.25, -0.2) is 9.97 Å². The summed E-state index contributed by atoms with van der Waals surface area (Å²) in [5, 5.41) is 6.17. The normalized spacial score (nSPS) is 10.4. The molecule has 0 aliphatic carbocycles. The van der Waals surface area contributed by atoms with E-state index in [0.717, 1.165) is 24.3 Å². The van der Waals surface area contributed by atoms with Crippen LogP contribution in [0.3, 0.4) is 0 Å². The molecule has 1 amide bonds. The second-order valence-corrected chi connectivity index (χ2v) is 6.70. The first-order chi connectivity index (χ1) is 14.1. The van der Waals surface area contributed by atoms with Gasteiger partial charge in [0.1, 0.15) is 17.3 Å². The summed E-state index contributed by atoms with van der Waals surface area (Å²) < 4.78 is 0. The van der Waals surface area contributed by atoms with Crippen molar-refractivity contribution in [3.05, 3.63) is 77.7 Å². The molecule has 29 heavy (non-hydrogen) atoms. The van der Waals surface area contributed by atoms with Crippen molar-refractivity contribution in [2.45, 2.75) is 27.3 Å². The molecule has 0 saturated heterocycles. The Morgan fingerprint density at radius 2 is 1.66 bits per heavy atom. The fourth-order valence-corrected chi connectivity index (χ4v) is 3.11. The number of anilines is 3. The van der Waals surface area contributed by atoms with Gasteiger partial charge in [-0.05, 0) is 50.6 Å². The van der Waals surface area contributed by atoms with Gasteiger partial charge in [-0.3, -0.25) is 4.79 Å². The van der Waals surface area contributed by atoms with Gasteiger partial charge < -0.3 is 15.5 Å². The van der Waals surface area contributed by atoms with Crippen LogP contribution in [-0.4, -0.2) is 29.0 Å². The van der Waals surface area contributed by atoms with Gasteiger partial charge in [-0.1, -0.05) is 30.3 Å². The molecular formula is C23H27N5O. The first-order valence-corrected chi connectivity index (χ1v) is 9.89. The fraction of sp³-hybridized carbons (Fsp3) is 0.261. The number of hydrogen-bond donors (Lipinski definition) is 2. The average molecular weight is 390 g/mol. The zero-order valence-corrected chi connectivity index (χ0v) is 17.1. The fourth-order valence-electron chi connectivity index (χ4n) is 3.11. The molecule has 0 aliphatic heterocycles. The lowest BCUT2D eigenvalue weighted by molar-refractivity contribution is 0.0945. The van der Waals surface area contributed by atoms with Gasteiger partial charge in [0.2, 0.25) is 0 Å². The molecule has 0 fully saturated rings. The molecule has 0 saturated carbocycles. The van der Waals surface area contributed by atoms with E-state index in [1.54, 1.807) is 13.0 Å². The van der Waals surface area contributed by atoms with E-state index in [1.165, 1.54) is 5.69 Å². The molecule has 3 rings (SSSR count).